The lowest BCUT2D eigenvalue weighted by Gasteiger charge is -2.32. The lowest BCUT2D eigenvalue weighted by Crippen LogP contribution is -2.37. The molecule has 0 bridgehead atoms. The van der Waals surface area contributed by atoms with Crippen LogP contribution in [0.5, 0.6) is 5.75 Å². The summed E-state index contributed by atoms with van der Waals surface area (Å²) in [6, 6.07) is 15.9. The Morgan fingerprint density at radius 3 is 2.54 bits per heavy atom. The van der Waals surface area contributed by atoms with Gasteiger partial charge in [0.15, 0.2) is 0 Å². The van der Waals surface area contributed by atoms with Crippen molar-refractivity contribution in [2.45, 2.75) is 33.2 Å². The number of hydrogen-bond acceptors (Lipinski definition) is 2. The number of H-pyrrole nitrogens is 1. The Morgan fingerprint density at radius 2 is 1.88 bits per heavy atom. The average Bonchev–Trinajstić information content (AvgIpc) is 3.01. The number of rotatable bonds is 5. The molecule has 0 saturated carbocycles. The van der Waals surface area contributed by atoms with Crippen LogP contribution >= 0.6 is 0 Å². The summed E-state index contributed by atoms with van der Waals surface area (Å²) in [6.45, 7) is 6.42. The van der Waals surface area contributed by atoms with Gasteiger partial charge in [-0.2, -0.15) is 0 Å². The maximum absolute atomic E-state index is 12.8. The highest BCUT2D eigenvalue weighted by molar-refractivity contribution is 5.89. The zero-order valence-electron chi connectivity index (χ0n) is 15.8. The Labute approximate surface area is 154 Å². The molecule has 0 aliphatic heterocycles. The minimum absolute atomic E-state index is 0.0116. The van der Waals surface area contributed by atoms with Crippen molar-refractivity contribution >= 4 is 16.8 Å². The molecule has 4 nitrogen and oxygen atoms in total. The molecule has 3 aromatic rings. The predicted octanol–water partition coefficient (Wildman–Crippen LogP) is 4.62. The highest BCUT2D eigenvalue weighted by atomic mass is 16.5. The van der Waals surface area contributed by atoms with Crippen molar-refractivity contribution < 1.29 is 9.53 Å². The Balaban J connectivity index is 1.81. The molecular formula is C22H26N2O2. The predicted molar refractivity (Wildman–Crippen MR) is 105 cm³/mol. The van der Waals surface area contributed by atoms with Gasteiger partial charge in [0, 0.05) is 17.1 Å². The smallest absolute Gasteiger partial charge is 0.225 e. The van der Waals surface area contributed by atoms with Crippen molar-refractivity contribution in [2.24, 2.45) is 5.41 Å². The van der Waals surface area contributed by atoms with Crippen molar-refractivity contribution in [3.05, 3.63) is 65.9 Å². The van der Waals surface area contributed by atoms with Gasteiger partial charge < -0.3 is 15.0 Å². The molecule has 0 aliphatic carbocycles. The van der Waals surface area contributed by atoms with Gasteiger partial charge in [-0.25, -0.2) is 0 Å². The van der Waals surface area contributed by atoms with Crippen LogP contribution in [0.3, 0.4) is 0 Å². The fourth-order valence-corrected chi connectivity index (χ4v) is 3.26. The summed E-state index contributed by atoms with van der Waals surface area (Å²) >= 11 is 0. The Bertz CT molecular complexity index is 891. The lowest BCUT2D eigenvalue weighted by atomic mass is 9.82. The monoisotopic (exact) mass is 350 g/mol. The third-order valence-corrected chi connectivity index (χ3v) is 4.63. The molecule has 2 N–H and O–H groups in total. The van der Waals surface area contributed by atoms with Crippen LogP contribution in [0.15, 0.2) is 54.7 Å². The maximum atomic E-state index is 12.8. The van der Waals surface area contributed by atoms with E-state index in [-0.39, 0.29) is 17.4 Å². The molecule has 0 spiro atoms. The summed E-state index contributed by atoms with van der Waals surface area (Å²) in [5, 5.41) is 4.24. The summed E-state index contributed by atoms with van der Waals surface area (Å²) in [6.07, 6.45) is 2.23. The van der Waals surface area contributed by atoms with E-state index in [4.69, 9.17) is 4.74 Å². The normalized spacial score (nSPS) is 12.8. The minimum Gasteiger partial charge on any atom is -0.497 e. The standard InChI is InChI=1S/C22H26N2O2/c1-22(2,3)21(15-8-6-5-7-9-15)24-20(25)12-16-14-23-19-11-10-17(26-4)13-18(16)19/h5-11,13-14,21,23H,12H2,1-4H3,(H,24,25). The van der Waals surface area contributed by atoms with Crippen molar-refractivity contribution in [1.29, 1.82) is 0 Å². The van der Waals surface area contributed by atoms with Gasteiger partial charge in [-0.3, -0.25) is 4.79 Å². The van der Waals surface area contributed by atoms with E-state index in [1.807, 2.05) is 42.6 Å². The SMILES string of the molecule is COc1ccc2[nH]cc(CC(=O)NC(c3ccccc3)C(C)(C)C)c2c1. The number of amides is 1. The van der Waals surface area contributed by atoms with Gasteiger partial charge in [0.2, 0.25) is 5.91 Å². The van der Waals surface area contributed by atoms with E-state index >= 15 is 0 Å². The molecule has 26 heavy (non-hydrogen) atoms. The summed E-state index contributed by atoms with van der Waals surface area (Å²) < 4.78 is 5.30. The first kappa shape index (κ1) is 18.1. The first-order valence-corrected chi connectivity index (χ1v) is 8.87. The number of hydrogen-bond donors (Lipinski definition) is 2. The van der Waals surface area contributed by atoms with Crippen LogP contribution in [-0.4, -0.2) is 18.0 Å². The van der Waals surface area contributed by atoms with Crippen molar-refractivity contribution in [3.63, 3.8) is 0 Å². The van der Waals surface area contributed by atoms with Crippen LogP contribution < -0.4 is 10.1 Å². The number of aromatic nitrogens is 1. The second-order valence-corrected chi connectivity index (χ2v) is 7.68. The lowest BCUT2D eigenvalue weighted by molar-refractivity contribution is -0.122. The highest BCUT2D eigenvalue weighted by Crippen LogP contribution is 2.33. The number of ether oxygens (including phenoxy) is 1. The zero-order chi connectivity index (χ0) is 18.7. The molecule has 1 unspecified atom stereocenters. The molecule has 0 aliphatic rings. The number of fused-ring (bicyclic) bond motifs is 1. The molecule has 1 aromatic heterocycles. The second kappa shape index (κ2) is 7.24. The van der Waals surface area contributed by atoms with Crippen molar-refractivity contribution in [2.75, 3.05) is 7.11 Å². The summed E-state index contributed by atoms with van der Waals surface area (Å²) in [5.41, 5.74) is 3.01. The van der Waals surface area contributed by atoms with Gasteiger partial charge in [0.25, 0.3) is 0 Å². The van der Waals surface area contributed by atoms with Gasteiger partial charge in [0.05, 0.1) is 19.6 Å². The van der Waals surface area contributed by atoms with Gasteiger partial charge >= 0.3 is 0 Å². The number of benzene rings is 2. The van der Waals surface area contributed by atoms with E-state index < -0.39 is 0 Å². The van der Waals surface area contributed by atoms with Crippen LogP contribution in [0.1, 0.15) is 37.9 Å². The topological polar surface area (TPSA) is 54.1 Å². The molecular weight excluding hydrogens is 324 g/mol. The molecule has 136 valence electrons. The highest BCUT2D eigenvalue weighted by Gasteiger charge is 2.27. The molecule has 1 heterocycles. The van der Waals surface area contributed by atoms with Crippen molar-refractivity contribution in [3.8, 4) is 5.75 Å². The average molecular weight is 350 g/mol. The third kappa shape index (κ3) is 3.90. The molecule has 1 atom stereocenters. The van der Waals surface area contributed by atoms with E-state index in [1.165, 1.54) is 0 Å². The van der Waals surface area contributed by atoms with Gasteiger partial charge in [-0.15, -0.1) is 0 Å². The number of aromatic amines is 1. The number of methoxy groups -OCH3 is 1. The molecule has 0 radical (unpaired) electrons. The van der Waals surface area contributed by atoms with E-state index in [1.54, 1.807) is 7.11 Å². The summed E-state index contributed by atoms with van der Waals surface area (Å²) in [7, 11) is 1.65. The van der Waals surface area contributed by atoms with E-state index in [0.717, 1.165) is 27.8 Å². The van der Waals surface area contributed by atoms with Crippen LogP contribution in [0.2, 0.25) is 0 Å². The van der Waals surface area contributed by atoms with Crippen LogP contribution in [0.4, 0.5) is 0 Å². The van der Waals surface area contributed by atoms with E-state index in [9.17, 15) is 4.79 Å². The van der Waals surface area contributed by atoms with Gasteiger partial charge in [-0.1, -0.05) is 51.1 Å². The zero-order valence-corrected chi connectivity index (χ0v) is 15.8. The molecule has 3 rings (SSSR count). The quantitative estimate of drug-likeness (QED) is 0.705. The largest absolute Gasteiger partial charge is 0.497 e. The Hall–Kier alpha value is -2.75. The maximum Gasteiger partial charge on any atom is 0.225 e. The Kier molecular flexibility index (Phi) is 5.03. The van der Waals surface area contributed by atoms with Crippen molar-refractivity contribution in [1.82, 2.24) is 10.3 Å². The number of carbonyl (C=O) groups is 1. The Morgan fingerprint density at radius 1 is 1.15 bits per heavy atom. The van der Waals surface area contributed by atoms with E-state index in [2.05, 4.69) is 43.2 Å². The third-order valence-electron chi connectivity index (χ3n) is 4.63. The fourth-order valence-electron chi connectivity index (χ4n) is 3.26. The van der Waals surface area contributed by atoms with Crippen LogP contribution in [0, 0.1) is 5.41 Å². The summed E-state index contributed by atoms with van der Waals surface area (Å²) in [4.78, 5) is 16.0. The number of carbonyl (C=O) groups excluding carboxylic acids is 1. The molecule has 4 heteroatoms. The van der Waals surface area contributed by atoms with Crippen LogP contribution in [-0.2, 0) is 11.2 Å². The molecule has 0 saturated heterocycles. The molecule has 1 amide bonds. The first-order valence-electron chi connectivity index (χ1n) is 8.87. The first-order chi connectivity index (χ1) is 12.4. The van der Waals surface area contributed by atoms with Crippen LogP contribution in [0.25, 0.3) is 10.9 Å². The van der Waals surface area contributed by atoms with E-state index in [0.29, 0.717) is 6.42 Å². The second-order valence-electron chi connectivity index (χ2n) is 7.68. The minimum atomic E-state index is -0.0829. The molecule has 2 aromatic carbocycles. The number of nitrogens with one attached hydrogen (secondary N) is 2. The fraction of sp³-hybridized carbons (Fsp3) is 0.318. The van der Waals surface area contributed by atoms with Gasteiger partial charge in [0.1, 0.15) is 5.75 Å². The van der Waals surface area contributed by atoms with Gasteiger partial charge in [-0.05, 0) is 34.7 Å². The summed E-state index contributed by atoms with van der Waals surface area (Å²) in [5.74, 6) is 0.799. The molecule has 0 fully saturated rings.